The molecule has 0 amide bonds. The molecule has 0 aliphatic heterocycles. The van der Waals surface area contributed by atoms with Crippen LogP contribution in [0.2, 0.25) is 0 Å². The van der Waals surface area contributed by atoms with E-state index in [4.69, 9.17) is 4.74 Å². The molecule has 0 aromatic heterocycles. The van der Waals surface area contributed by atoms with Gasteiger partial charge in [-0.15, -0.1) is 0 Å². The number of nitrogens with zero attached hydrogens (tertiary/aromatic N) is 1. The Morgan fingerprint density at radius 3 is 2.86 bits per heavy atom. The van der Waals surface area contributed by atoms with Crippen LogP contribution >= 0.6 is 0 Å². The van der Waals surface area contributed by atoms with Gasteiger partial charge in [0.2, 0.25) is 0 Å². The summed E-state index contributed by atoms with van der Waals surface area (Å²) in [5.41, 5.74) is 0.327. The molecule has 1 aromatic rings. The van der Waals surface area contributed by atoms with Crippen LogP contribution in [0.3, 0.4) is 0 Å². The van der Waals surface area contributed by atoms with E-state index in [-0.39, 0.29) is 0 Å². The van der Waals surface area contributed by atoms with E-state index in [1.165, 1.54) is 19.3 Å². The van der Waals surface area contributed by atoms with E-state index < -0.39 is 5.60 Å². The van der Waals surface area contributed by atoms with Crippen LogP contribution in [0.15, 0.2) is 24.3 Å². The summed E-state index contributed by atoms with van der Waals surface area (Å²) in [7, 11) is 5.89. The highest BCUT2D eigenvalue weighted by atomic mass is 16.5. The zero-order valence-corrected chi connectivity index (χ0v) is 13.4. The topological polar surface area (TPSA) is 32.7 Å². The van der Waals surface area contributed by atoms with Crippen molar-refractivity contribution in [2.75, 3.05) is 27.7 Å². The van der Waals surface area contributed by atoms with Crippen molar-refractivity contribution in [2.24, 2.45) is 17.8 Å². The summed E-state index contributed by atoms with van der Waals surface area (Å²) in [6, 6.07) is 8.03. The van der Waals surface area contributed by atoms with Crippen LogP contribution in [0.1, 0.15) is 31.2 Å². The second-order valence-corrected chi connectivity index (χ2v) is 7.17. The molecule has 2 fully saturated rings. The number of ether oxygens (including phenoxy) is 1. The molecule has 2 bridgehead atoms. The Hall–Kier alpha value is -1.06. The minimum Gasteiger partial charge on any atom is -0.497 e. The molecule has 3 rings (SSSR count). The van der Waals surface area contributed by atoms with Crippen molar-refractivity contribution in [3.63, 3.8) is 0 Å². The highest BCUT2D eigenvalue weighted by Crippen LogP contribution is 2.54. The molecular weight excluding hydrogens is 262 g/mol. The predicted molar refractivity (Wildman–Crippen MR) is 84.4 cm³/mol. The van der Waals surface area contributed by atoms with Crippen LogP contribution in [0.25, 0.3) is 0 Å². The van der Waals surface area contributed by atoms with Crippen LogP contribution in [0, 0.1) is 17.8 Å². The number of hydrogen-bond acceptors (Lipinski definition) is 3. The Morgan fingerprint density at radius 2 is 2.14 bits per heavy atom. The SMILES string of the molecule is COc1cccc([C@@]2(O)CC3CCC(C3)[C@@H]2CN(C)C)c1. The third kappa shape index (κ3) is 2.69. The molecule has 1 aromatic carbocycles. The van der Waals surface area contributed by atoms with Crippen molar-refractivity contribution < 1.29 is 9.84 Å². The Kier molecular flexibility index (Phi) is 3.98. The fourth-order valence-corrected chi connectivity index (χ4v) is 4.56. The number of benzene rings is 1. The Bertz CT molecular complexity index is 502. The van der Waals surface area contributed by atoms with E-state index in [1.54, 1.807) is 7.11 Å². The van der Waals surface area contributed by atoms with Gasteiger partial charge in [-0.1, -0.05) is 18.6 Å². The minimum atomic E-state index is -0.705. The molecular formula is C18H27NO2. The summed E-state index contributed by atoms with van der Waals surface area (Å²) in [6.07, 6.45) is 4.75. The van der Waals surface area contributed by atoms with Crippen molar-refractivity contribution >= 4 is 0 Å². The number of fused-ring (bicyclic) bond motifs is 2. The van der Waals surface area contributed by atoms with Gasteiger partial charge in [0, 0.05) is 12.5 Å². The molecule has 0 saturated heterocycles. The molecule has 1 N–H and O–H groups in total. The first-order valence-electron chi connectivity index (χ1n) is 8.04. The molecule has 4 atom stereocenters. The Morgan fingerprint density at radius 1 is 1.33 bits per heavy atom. The van der Waals surface area contributed by atoms with E-state index in [0.717, 1.165) is 24.3 Å². The first kappa shape index (κ1) is 14.9. The van der Waals surface area contributed by atoms with Gasteiger partial charge in [-0.2, -0.15) is 0 Å². The molecule has 3 nitrogen and oxygen atoms in total. The Balaban J connectivity index is 1.98. The first-order valence-corrected chi connectivity index (χ1v) is 8.04. The quantitative estimate of drug-likeness (QED) is 0.925. The fourth-order valence-electron chi connectivity index (χ4n) is 4.56. The van der Waals surface area contributed by atoms with Gasteiger partial charge in [-0.25, -0.2) is 0 Å². The van der Waals surface area contributed by atoms with Gasteiger partial charge in [0.1, 0.15) is 5.75 Å². The molecule has 2 aliphatic carbocycles. The second-order valence-electron chi connectivity index (χ2n) is 7.17. The largest absolute Gasteiger partial charge is 0.497 e. The average Bonchev–Trinajstić information content (AvgIpc) is 2.87. The maximum atomic E-state index is 11.6. The number of hydrogen-bond donors (Lipinski definition) is 1. The van der Waals surface area contributed by atoms with Crippen molar-refractivity contribution in [1.82, 2.24) is 4.90 Å². The minimum absolute atomic E-state index is 0.318. The van der Waals surface area contributed by atoms with E-state index >= 15 is 0 Å². The maximum Gasteiger partial charge on any atom is 0.119 e. The van der Waals surface area contributed by atoms with Gasteiger partial charge in [0.05, 0.1) is 12.7 Å². The lowest BCUT2D eigenvalue weighted by Gasteiger charge is -2.45. The predicted octanol–water partition coefficient (Wildman–Crippen LogP) is 2.88. The van der Waals surface area contributed by atoms with Gasteiger partial charge < -0.3 is 14.7 Å². The maximum absolute atomic E-state index is 11.6. The molecule has 2 saturated carbocycles. The smallest absolute Gasteiger partial charge is 0.119 e. The van der Waals surface area contributed by atoms with E-state index in [9.17, 15) is 5.11 Å². The highest BCUT2D eigenvalue weighted by molar-refractivity contribution is 5.34. The van der Waals surface area contributed by atoms with Crippen molar-refractivity contribution in [1.29, 1.82) is 0 Å². The lowest BCUT2D eigenvalue weighted by atomic mass is 9.66. The van der Waals surface area contributed by atoms with Crippen LogP contribution in [0.4, 0.5) is 0 Å². The lowest BCUT2D eigenvalue weighted by molar-refractivity contribution is -0.0892. The zero-order valence-electron chi connectivity index (χ0n) is 13.4. The first-order chi connectivity index (χ1) is 10.0. The van der Waals surface area contributed by atoms with Gasteiger partial charge in [0.15, 0.2) is 0 Å². The van der Waals surface area contributed by atoms with Crippen LogP contribution in [-0.2, 0) is 5.60 Å². The third-order valence-corrected chi connectivity index (χ3v) is 5.50. The monoisotopic (exact) mass is 289 g/mol. The summed E-state index contributed by atoms with van der Waals surface area (Å²) in [4.78, 5) is 2.22. The molecule has 3 heteroatoms. The van der Waals surface area contributed by atoms with E-state index in [1.807, 2.05) is 18.2 Å². The summed E-state index contributed by atoms with van der Waals surface area (Å²) in [6.45, 7) is 0.950. The van der Waals surface area contributed by atoms with Gasteiger partial charge in [0.25, 0.3) is 0 Å². The summed E-state index contributed by atoms with van der Waals surface area (Å²) in [5.74, 6) is 2.49. The Labute approximate surface area is 127 Å². The van der Waals surface area contributed by atoms with Gasteiger partial charge >= 0.3 is 0 Å². The molecule has 0 spiro atoms. The third-order valence-electron chi connectivity index (χ3n) is 5.50. The molecule has 2 aliphatic rings. The normalized spacial score (nSPS) is 35.2. The summed E-state index contributed by atoms with van der Waals surface area (Å²) in [5, 5.41) is 11.6. The van der Waals surface area contributed by atoms with Crippen LogP contribution < -0.4 is 4.74 Å². The van der Waals surface area contributed by atoms with Gasteiger partial charge in [-0.3, -0.25) is 0 Å². The molecule has 116 valence electrons. The molecule has 21 heavy (non-hydrogen) atoms. The van der Waals surface area contributed by atoms with E-state index in [0.29, 0.717) is 17.8 Å². The summed E-state index contributed by atoms with van der Waals surface area (Å²) >= 11 is 0. The second kappa shape index (κ2) is 5.62. The standard InChI is InChI=1S/C18H27NO2/c1-19(2)12-17-14-8-7-13(9-14)11-18(17,20)15-5-4-6-16(10-15)21-3/h4-6,10,13-14,17,20H,7-9,11-12H2,1-3H3/t13?,14?,17-,18-/m0/s1. The highest BCUT2D eigenvalue weighted by Gasteiger charge is 2.51. The average molecular weight is 289 g/mol. The van der Waals surface area contributed by atoms with Gasteiger partial charge in [-0.05, 0) is 62.9 Å². The molecule has 2 unspecified atom stereocenters. The fraction of sp³-hybridized carbons (Fsp3) is 0.667. The van der Waals surface area contributed by atoms with E-state index in [2.05, 4.69) is 25.1 Å². The zero-order chi connectivity index (χ0) is 15.0. The van der Waals surface area contributed by atoms with Crippen molar-refractivity contribution in [2.45, 2.75) is 31.3 Å². The number of methoxy groups -OCH3 is 1. The molecule has 0 heterocycles. The lowest BCUT2D eigenvalue weighted by Crippen LogP contribution is -2.47. The number of rotatable bonds is 4. The molecule has 0 radical (unpaired) electrons. The van der Waals surface area contributed by atoms with Crippen LogP contribution in [0.5, 0.6) is 5.75 Å². The number of aliphatic hydroxyl groups is 1. The van der Waals surface area contributed by atoms with Crippen molar-refractivity contribution in [3.8, 4) is 5.75 Å². The van der Waals surface area contributed by atoms with Crippen LogP contribution in [-0.4, -0.2) is 37.8 Å². The van der Waals surface area contributed by atoms with Crippen molar-refractivity contribution in [3.05, 3.63) is 29.8 Å². The summed E-state index contributed by atoms with van der Waals surface area (Å²) < 4.78 is 5.35.